The number of rotatable bonds is 4. The minimum atomic E-state index is -4.74. The predicted molar refractivity (Wildman–Crippen MR) is 80.2 cm³/mol. The number of benzene rings is 1. The minimum absolute atomic E-state index is 0.0138. The summed E-state index contributed by atoms with van der Waals surface area (Å²) >= 11 is 0. The summed E-state index contributed by atoms with van der Waals surface area (Å²) < 4.78 is 57.9. The SMILES string of the molecule is Fc1cccc2c(NCCN3CCOCC3)nc(C(F)(F)F)nc12. The van der Waals surface area contributed by atoms with Crippen LogP contribution in [0.5, 0.6) is 0 Å². The lowest BCUT2D eigenvalue weighted by Gasteiger charge is -2.26. The molecule has 0 bridgehead atoms. The van der Waals surface area contributed by atoms with Crippen LogP contribution in [0.4, 0.5) is 23.4 Å². The second-order valence-electron chi connectivity index (χ2n) is 5.41. The Kier molecular flexibility index (Phi) is 4.81. The Balaban J connectivity index is 1.83. The molecule has 1 N–H and O–H groups in total. The third kappa shape index (κ3) is 3.73. The molecule has 1 aliphatic heterocycles. The summed E-state index contributed by atoms with van der Waals surface area (Å²) in [6.45, 7) is 3.84. The van der Waals surface area contributed by atoms with E-state index in [1.54, 1.807) is 0 Å². The van der Waals surface area contributed by atoms with E-state index >= 15 is 0 Å². The van der Waals surface area contributed by atoms with Crippen molar-refractivity contribution in [1.29, 1.82) is 0 Å². The monoisotopic (exact) mass is 344 g/mol. The Morgan fingerprint density at radius 1 is 1.17 bits per heavy atom. The molecule has 0 radical (unpaired) electrons. The van der Waals surface area contributed by atoms with E-state index in [9.17, 15) is 17.6 Å². The summed E-state index contributed by atoms with van der Waals surface area (Å²) in [4.78, 5) is 9.00. The van der Waals surface area contributed by atoms with Crippen molar-refractivity contribution in [3.05, 3.63) is 29.8 Å². The van der Waals surface area contributed by atoms with Gasteiger partial charge in [0.1, 0.15) is 17.2 Å². The van der Waals surface area contributed by atoms with E-state index in [0.29, 0.717) is 26.3 Å². The van der Waals surface area contributed by atoms with Crippen LogP contribution in [-0.2, 0) is 10.9 Å². The van der Waals surface area contributed by atoms with Crippen molar-refractivity contribution < 1.29 is 22.3 Å². The molecule has 1 aliphatic rings. The van der Waals surface area contributed by atoms with Gasteiger partial charge in [0.15, 0.2) is 0 Å². The molecule has 1 fully saturated rings. The zero-order valence-electron chi connectivity index (χ0n) is 12.7. The van der Waals surface area contributed by atoms with Crippen LogP contribution < -0.4 is 5.32 Å². The lowest BCUT2D eigenvalue weighted by Crippen LogP contribution is -2.39. The van der Waals surface area contributed by atoms with E-state index in [2.05, 4.69) is 20.2 Å². The van der Waals surface area contributed by atoms with Gasteiger partial charge >= 0.3 is 6.18 Å². The van der Waals surface area contributed by atoms with Crippen molar-refractivity contribution in [2.75, 3.05) is 44.7 Å². The van der Waals surface area contributed by atoms with Crippen LogP contribution in [0.15, 0.2) is 18.2 Å². The number of fused-ring (bicyclic) bond motifs is 1. The summed E-state index contributed by atoms with van der Waals surface area (Å²) in [5, 5.41) is 3.10. The molecular weight excluding hydrogens is 328 g/mol. The first-order valence-electron chi connectivity index (χ1n) is 7.52. The van der Waals surface area contributed by atoms with Crippen LogP contribution in [-0.4, -0.2) is 54.3 Å². The van der Waals surface area contributed by atoms with Crippen LogP contribution in [0.3, 0.4) is 0 Å². The Morgan fingerprint density at radius 2 is 1.92 bits per heavy atom. The number of nitrogens with one attached hydrogen (secondary N) is 1. The molecule has 0 unspecified atom stereocenters. The summed E-state index contributed by atoms with van der Waals surface area (Å²) in [6.07, 6.45) is -4.74. The van der Waals surface area contributed by atoms with Crippen LogP contribution in [0.25, 0.3) is 10.9 Å². The highest BCUT2D eigenvalue weighted by atomic mass is 19.4. The number of para-hydroxylation sites is 1. The van der Waals surface area contributed by atoms with Gasteiger partial charge in [0.25, 0.3) is 0 Å². The maximum atomic E-state index is 13.8. The first-order chi connectivity index (χ1) is 11.4. The van der Waals surface area contributed by atoms with Gasteiger partial charge in [-0.15, -0.1) is 0 Å². The number of aromatic nitrogens is 2. The number of nitrogens with zero attached hydrogens (tertiary/aromatic N) is 3. The van der Waals surface area contributed by atoms with Crippen molar-refractivity contribution >= 4 is 16.7 Å². The van der Waals surface area contributed by atoms with Crippen molar-refractivity contribution in [3.63, 3.8) is 0 Å². The highest BCUT2D eigenvalue weighted by Gasteiger charge is 2.36. The number of morpholine rings is 1. The summed E-state index contributed by atoms with van der Waals surface area (Å²) in [5.74, 6) is -2.18. The lowest BCUT2D eigenvalue weighted by molar-refractivity contribution is -0.144. The normalized spacial score (nSPS) is 16.5. The molecule has 0 atom stereocenters. The number of ether oxygens (including phenoxy) is 1. The topological polar surface area (TPSA) is 50.3 Å². The molecular formula is C15H16F4N4O. The fourth-order valence-electron chi connectivity index (χ4n) is 2.54. The zero-order chi connectivity index (χ0) is 17.2. The van der Waals surface area contributed by atoms with Gasteiger partial charge in [0, 0.05) is 31.6 Å². The van der Waals surface area contributed by atoms with Gasteiger partial charge in [-0.3, -0.25) is 4.90 Å². The molecule has 24 heavy (non-hydrogen) atoms. The van der Waals surface area contributed by atoms with E-state index < -0.39 is 17.8 Å². The molecule has 3 rings (SSSR count). The van der Waals surface area contributed by atoms with E-state index in [4.69, 9.17) is 4.74 Å². The lowest BCUT2D eigenvalue weighted by atomic mass is 10.2. The first-order valence-corrected chi connectivity index (χ1v) is 7.52. The maximum Gasteiger partial charge on any atom is 0.451 e. The first kappa shape index (κ1) is 16.8. The van der Waals surface area contributed by atoms with Gasteiger partial charge < -0.3 is 10.1 Å². The Bertz CT molecular complexity index is 716. The highest BCUT2D eigenvalue weighted by Crippen LogP contribution is 2.31. The van der Waals surface area contributed by atoms with Crippen molar-refractivity contribution in [2.45, 2.75) is 6.18 Å². The number of halogens is 4. The molecule has 1 aromatic heterocycles. The fraction of sp³-hybridized carbons (Fsp3) is 0.467. The zero-order valence-corrected chi connectivity index (χ0v) is 12.7. The van der Waals surface area contributed by atoms with Gasteiger partial charge in [0.2, 0.25) is 5.82 Å². The molecule has 0 saturated carbocycles. The van der Waals surface area contributed by atoms with Gasteiger partial charge in [-0.05, 0) is 12.1 Å². The van der Waals surface area contributed by atoms with Crippen LogP contribution in [0, 0.1) is 5.82 Å². The van der Waals surface area contributed by atoms with Crippen LogP contribution in [0.1, 0.15) is 5.82 Å². The van der Waals surface area contributed by atoms with Gasteiger partial charge in [0.05, 0.1) is 13.2 Å². The Labute approximate surface area is 135 Å². The Hall–Kier alpha value is -2.00. The summed E-state index contributed by atoms with van der Waals surface area (Å²) in [6, 6.07) is 3.99. The van der Waals surface area contributed by atoms with Crippen molar-refractivity contribution in [2.24, 2.45) is 0 Å². The van der Waals surface area contributed by atoms with Crippen molar-refractivity contribution in [1.82, 2.24) is 14.9 Å². The predicted octanol–water partition coefficient (Wildman–Crippen LogP) is 2.53. The third-order valence-corrected chi connectivity index (χ3v) is 3.76. The molecule has 0 aliphatic carbocycles. The standard InChI is InChI=1S/C15H16F4N4O/c16-11-3-1-2-10-12(11)21-14(15(17,18)19)22-13(10)20-4-5-23-6-8-24-9-7-23/h1-3H,4-9H2,(H,20,21,22). The second-order valence-corrected chi connectivity index (χ2v) is 5.41. The Morgan fingerprint density at radius 3 is 2.62 bits per heavy atom. The molecule has 5 nitrogen and oxygen atoms in total. The third-order valence-electron chi connectivity index (χ3n) is 3.76. The van der Waals surface area contributed by atoms with E-state index in [-0.39, 0.29) is 16.7 Å². The molecule has 2 heterocycles. The van der Waals surface area contributed by atoms with Crippen LogP contribution >= 0.6 is 0 Å². The number of hydrogen-bond donors (Lipinski definition) is 1. The molecule has 0 spiro atoms. The van der Waals surface area contributed by atoms with E-state index in [1.165, 1.54) is 12.1 Å². The summed E-state index contributed by atoms with van der Waals surface area (Å²) in [5.41, 5.74) is -0.339. The molecule has 2 aromatic rings. The molecule has 130 valence electrons. The van der Waals surface area contributed by atoms with Gasteiger partial charge in [-0.2, -0.15) is 13.2 Å². The molecule has 1 aromatic carbocycles. The largest absolute Gasteiger partial charge is 0.451 e. The van der Waals surface area contributed by atoms with Crippen LogP contribution in [0.2, 0.25) is 0 Å². The fourth-order valence-corrected chi connectivity index (χ4v) is 2.54. The van der Waals surface area contributed by atoms with E-state index in [0.717, 1.165) is 19.2 Å². The highest BCUT2D eigenvalue weighted by molar-refractivity contribution is 5.89. The molecule has 1 saturated heterocycles. The molecule has 0 amide bonds. The quantitative estimate of drug-likeness (QED) is 0.864. The number of anilines is 1. The maximum absolute atomic E-state index is 13.8. The van der Waals surface area contributed by atoms with E-state index in [1.807, 2.05) is 0 Å². The minimum Gasteiger partial charge on any atom is -0.379 e. The summed E-state index contributed by atoms with van der Waals surface area (Å²) in [7, 11) is 0. The number of hydrogen-bond acceptors (Lipinski definition) is 5. The average Bonchev–Trinajstić information content (AvgIpc) is 2.55. The smallest absolute Gasteiger partial charge is 0.379 e. The second kappa shape index (κ2) is 6.86. The van der Waals surface area contributed by atoms with Gasteiger partial charge in [-0.25, -0.2) is 14.4 Å². The number of alkyl halides is 3. The van der Waals surface area contributed by atoms with Crippen molar-refractivity contribution in [3.8, 4) is 0 Å². The van der Waals surface area contributed by atoms with Gasteiger partial charge in [-0.1, -0.05) is 6.07 Å². The average molecular weight is 344 g/mol. The molecule has 9 heteroatoms.